The van der Waals surface area contributed by atoms with Crippen molar-refractivity contribution in [2.45, 2.75) is 130 Å². The van der Waals surface area contributed by atoms with E-state index in [1.54, 1.807) is 74.4 Å². The molecule has 1 rings (SSSR count). The van der Waals surface area contributed by atoms with Crippen molar-refractivity contribution >= 4 is 23.9 Å². The first-order valence-electron chi connectivity index (χ1n) is 14.4. The van der Waals surface area contributed by atoms with Crippen molar-refractivity contribution in [2.24, 2.45) is 0 Å². The van der Waals surface area contributed by atoms with E-state index in [4.69, 9.17) is 14.2 Å². The summed E-state index contributed by atoms with van der Waals surface area (Å²) in [5.41, 5.74) is -1.33. The summed E-state index contributed by atoms with van der Waals surface area (Å²) < 4.78 is 29.3. The summed E-state index contributed by atoms with van der Waals surface area (Å²) in [4.78, 5) is 51.0. The zero-order valence-electron chi connectivity index (χ0n) is 26.6. The van der Waals surface area contributed by atoms with Gasteiger partial charge in [-0.1, -0.05) is 12.1 Å². The molecule has 0 saturated heterocycles. The normalized spacial score (nSPS) is 13.5. The molecule has 42 heavy (non-hydrogen) atoms. The molecule has 3 N–H and O–H groups in total. The van der Waals surface area contributed by atoms with E-state index < -0.39 is 52.8 Å². The molecule has 0 saturated carbocycles. The van der Waals surface area contributed by atoms with E-state index in [1.807, 2.05) is 0 Å². The van der Waals surface area contributed by atoms with Gasteiger partial charge in [-0.25, -0.2) is 18.8 Å². The molecule has 238 valence electrons. The predicted octanol–water partition coefficient (Wildman–Crippen LogP) is 4.93. The van der Waals surface area contributed by atoms with Crippen molar-refractivity contribution in [1.82, 2.24) is 16.0 Å². The second-order valence-electron chi connectivity index (χ2n) is 13.2. The molecule has 0 heterocycles. The molecule has 0 aliphatic carbocycles. The number of rotatable bonds is 14. The van der Waals surface area contributed by atoms with Gasteiger partial charge in [-0.2, -0.15) is 0 Å². The van der Waals surface area contributed by atoms with E-state index in [0.29, 0.717) is 32.4 Å². The highest BCUT2D eigenvalue weighted by atomic mass is 19.1. The number of amides is 2. The Labute approximate surface area is 249 Å². The Kier molecular flexibility index (Phi) is 14.4. The van der Waals surface area contributed by atoms with E-state index >= 15 is 0 Å². The van der Waals surface area contributed by atoms with Gasteiger partial charge in [0.15, 0.2) is 0 Å². The highest BCUT2D eigenvalue weighted by Gasteiger charge is 2.31. The number of benzene rings is 1. The Balaban J connectivity index is 2.80. The second kappa shape index (κ2) is 16.4. The molecule has 0 aromatic heterocycles. The summed E-state index contributed by atoms with van der Waals surface area (Å²) >= 11 is 0. The monoisotopic (exact) mass is 595 g/mol. The van der Waals surface area contributed by atoms with Gasteiger partial charge in [0.2, 0.25) is 0 Å². The molecular weight excluding hydrogens is 545 g/mol. The van der Waals surface area contributed by atoms with Gasteiger partial charge in [0.05, 0.1) is 0 Å². The molecule has 1 aromatic rings. The van der Waals surface area contributed by atoms with E-state index in [0.717, 1.165) is 5.56 Å². The summed E-state index contributed by atoms with van der Waals surface area (Å²) in [7, 11) is 0. The van der Waals surface area contributed by atoms with Gasteiger partial charge in [-0.15, -0.1) is 0 Å². The average molecular weight is 596 g/mol. The zero-order chi connectivity index (χ0) is 32.1. The van der Waals surface area contributed by atoms with Gasteiger partial charge in [0, 0.05) is 13.0 Å². The predicted molar refractivity (Wildman–Crippen MR) is 158 cm³/mol. The lowest BCUT2D eigenvalue weighted by atomic mass is 10.1. The number of nitrogens with one attached hydrogen (secondary N) is 3. The molecule has 0 unspecified atom stereocenters. The summed E-state index contributed by atoms with van der Waals surface area (Å²) in [5, 5.41) is 8.46. The summed E-state index contributed by atoms with van der Waals surface area (Å²) in [5.74, 6) is -2.11. The lowest BCUT2D eigenvalue weighted by Crippen LogP contribution is -2.53. The molecule has 0 radical (unpaired) electrons. The Bertz CT molecular complexity index is 1020. The number of ether oxygens (including phenoxy) is 3. The number of halogens is 1. The zero-order valence-corrected chi connectivity index (χ0v) is 26.6. The van der Waals surface area contributed by atoms with E-state index in [9.17, 15) is 23.6 Å². The molecule has 2 atom stereocenters. The minimum Gasteiger partial charge on any atom is -0.460 e. The third-order valence-corrected chi connectivity index (χ3v) is 5.39. The fourth-order valence-electron chi connectivity index (χ4n) is 3.69. The molecule has 0 spiro atoms. The summed E-state index contributed by atoms with van der Waals surface area (Å²) in [6.07, 6.45) is 1.43. The van der Waals surface area contributed by atoms with Crippen LogP contribution in [0.5, 0.6) is 0 Å². The number of esters is 3. The van der Waals surface area contributed by atoms with Crippen LogP contribution in [-0.2, 0) is 35.1 Å². The third kappa shape index (κ3) is 17.6. The SMILES string of the molecule is CC(C)(C)OC(=O)CC[C@H](NC(=O)N[C@@H](CCCCNCc1ccc(F)cc1)C(=O)OC(C)(C)C)C(=O)OC(C)(C)C. The molecule has 2 amide bonds. The van der Waals surface area contributed by atoms with Crippen molar-refractivity contribution in [3.63, 3.8) is 0 Å². The quantitative estimate of drug-likeness (QED) is 0.157. The van der Waals surface area contributed by atoms with Crippen LogP contribution in [-0.4, -0.2) is 59.4 Å². The number of hydrogen-bond donors (Lipinski definition) is 3. The largest absolute Gasteiger partial charge is 0.460 e. The average Bonchev–Trinajstić information content (AvgIpc) is 2.80. The van der Waals surface area contributed by atoms with Crippen LogP contribution in [0.1, 0.15) is 100.0 Å². The van der Waals surface area contributed by atoms with Crippen LogP contribution in [0.4, 0.5) is 9.18 Å². The lowest BCUT2D eigenvalue weighted by Gasteiger charge is -2.27. The maximum absolute atomic E-state index is 13.1. The standard InChI is InChI=1S/C31H50FN3O7/c1-29(2,3)40-25(36)18-17-24(27(38)42-31(7,8)9)35-28(39)34-23(26(37)41-30(4,5)6)12-10-11-19-33-20-21-13-15-22(32)16-14-21/h13-16,23-24,33H,10-12,17-20H2,1-9H3,(H2,34,35,39)/t23-,24-/m0/s1. The van der Waals surface area contributed by atoms with Crippen LogP contribution >= 0.6 is 0 Å². The molecule has 11 heteroatoms. The highest BCUT2D eigenvalue weighted by molar-refractivity contribution is 5.87. The Morgan fingerprint density at radius 2 is 1.19 bits per heavy atom. The molecule has 0 bridgehead atoms. The minimum atomic E-state index is -1.15. The number of unbranched alkanes of at least 4 members (excludes halogenated alkanes) is 1. The number of carbonyl (C=O) groups is 4. The highest BCUT2D eigenvalue weighted by Crippen LogP contribution is 2.15. The van der Waals surface area contributed by atoms with Crippen molar-refractivity contribution in [3.05, 3.63) is 35.6 Å². The first-order valence-corrected chi connectivity index (χ1v) is 14.4. The second-order valence-corrected chi connectivity index (χ2v) is 13.2. The van der Waals surface area contributed by atoms with Gasteiger partial charge in [0.25, 0.3) is 0 Å². The molecular formula is C31H50FN3O7. The Morgan fingerprint density at radius 1 is 0.714 bits per heavy atom. The Hall–Kier alpha value is -3.21. The topological polar surface area (TPSA) is 132 Å². The first-order chi connectivity index (χ1) is 19.2. The van der Waals surface area contributed by atoms with E-state index in [2.05, 4.69) is 16.0 Å². The van der Waals surface area contributed by atoms with Gasteiger partial charge < -0.3 is 30.2 Å². The van der Waals surface area contributed by atoms with Crippen LogP contribution in [0, 0.1) is 5.82 Å². The van der Waals surface area contributed by atoms with Crippen molar-refractivity contribution < 1.29 is 37.8 Å². The number of urea groups is 1. The smallest absolute Gasteiger partial charge is 0.329 e. The first kappa shape index (κ1) is 36.8. The van der Waals surface area contributed by atoms with E-state index in [-0.39, 0.29) is 18.7 Å². The fourth-order valence-corrected chi connectivity index (χ4v) is 3.69. The number of carbonyl (C=O) groups excluding carboxylic acids is 4. The van der Waals surface area contributed by atoms with Crippen molar-refractivity contribution in [2.75, 3.05) is 6.54 Å². The molecule has 1 aromatic carbocycles. The van der Waals surface area contributed by atoms with Crippen LogP contribution < -0.4 is 16.0 Å². The summed E-state index contributed by atoms with van der Waals surface area (Å²) in [6, 6.07) is 3.36. The van der Waals surface area contributed by atoms with Gasteiger partial charge in [0.1, 0.15) is 34.7 Å². The van der Waals surface area contributed by atoms with Crippen LogP contribution in [0.3, 0.4) is 0 Å². The lowest BCUT2D eigenvalue weighted by molar-refractivity contribution is -0.159. The van der Waals surface area contributed by atoms with Crippen LogP contribution in [0.15, 0.2) is 24.3 Å². The van der Waals surface area contributed by atoms with Gasteiger partial charge in [-0.3, -0.25) is 4.79 Å². The molecule has 0 aliphatic heterocycles. The minimum absolute atomic E-state index is 0.0475. The maximum Gasteiger partial charge on any atom is 0.329 e. The van der Waals surface area contributed by atoms with Crippen molar-refractivity contribution in [1.29, 1.82) is 0 Å². The third-order valence-electron chi connectivity index (χ3n) is 5.39. The van der Waals surface area contributed by atoms with Crippen molar-refractivity contribution in [3.8, 4) is 0 Å². The molecule has 0 aliphatic rings. The fraction of sp³-hybridized carbons (Fsp3) is 0.677. The van der Waals surface area contributed by atoms with Gasteiger partial charge in [-0.05, 0) is 112 Å². The number of hydrogen-bond acceptors (Lipinski definition) is 8. The van der Waals surface area contributed by atoms with E-state index in [1.165, 1.54) is 12.1 Å². The maximum atomic E-state index is 13.1. The summed E-state index contributed by atoms with van der Waals surface area (Å²) in [6.45, 7) is 16.7. The Morgan fingerprint density at radius 3 is 1.67 bits per heavy atom. The van der Waals surface area contributed by atoms with Crippen LogP contribution in [0.25, 0.3) is 0 Å². The molecule has 10 nitrogen and oxygen atoms in total. The van der Waals surface area contributed by atoms with Gasteiger partial charge >= 0.3 is 23.9 Å². The van der Waals surface area contributed by atoms with Crippen LogP contribution in [0.2, 0.25) is 0 Å². The molecule has 0 fully saturated rings.